The number of nitrogens with one attached hydrogen (secondary N) is 1. The zero-order valence-corrected chi connectivity index (χ0v) is 19.4. The molecular weight excluding hydrogens is 438 g/mol. The summed E-state index contributed by atoms with van der Waals surface area (Å²) in [6, 6.07) is 17.5. The second-order valence-electron chi connectivity index (χ2n) is 8.90. The third kappa shape index (κ3) is 3.50. The molecule has 7 heteroatoms. The molecule has 0 unspecified atom stereocenters. The molecule has 1 aromatic heterocycles. The second-order valence-corrected chi connectivity index (χ2v) is 8.90. The summed E-state index contributed by atoms with van der Waals surface area (Å²) >= 11 is 0. The Labute approximate surface area is 202 Å². The second kappa shape index (κ2) is 8.62. The van der Waals surface area contributed by atoms with E-state index in [0.717, 1.165) is 21.0 Å². The monoisotopic (exact) mass is 461 g/mol. The predicted octanol–water partition coefficient (Wildman–Crippen LogP) is 3.65. The van der Waals surface area contributed by atoms with Crippen molar-refractivity contribution in [3.8, 4) is 12.1 Å². The van der Waals surface area contributed by atoms with Gasteiger partial charge in [-0.05, 0) is 29.4 Å². The Morgan fingerprint density at radius 3 is 2.51 bits per heavy atom. The Balaban J connectivity index is 1.79. The van der Waals surface area contributed by atoms with E-state index in [0.29, 0.717) is 23.3 Å². The molecule has 0 radical (unpaired) electrons. The van der Waals surface area contributed by atoms with E-state index in [2.05, 4.69) is 5.32 Å². The lowest BCUT2D eigenvalue weighted by Gasteiger charge is -2.39. The average molecular weight is 462 g/mol. The Morgan fingerprint density at radius 1 is 1.00 bits per heavy atom. The molecule has 1 N–H and O–H groups in total. The minimum Gasteiger partial charge on any atom is -0.377 e. The number of hydrogen-bond acceptors (Lipinski definition) is 5. The van der Waals surface area contributed by atoms with E-state index in [1.165, 1.54) is 11.6 Å². The highest BCUT2D eigenvalue weighted by atomic mass is 16.2. The minimum absolute atomic E-state index is 0.0427. The maximum atomic E-state index is 13.5. The van der Waals surface area contributed by atoms with Crippen LogP contribution in [-0.2, 0) is 20.5 Å². The standard InChI is InChI=1S/C28H23N5O2/c1-32-24-14-22-19(18(15-29)16-30)10-5-6-12-21(22)26(25(24)27(34)33(2)28(32)35)31-23-13-7-9-17-8-3-4-11-20(17)23/h3-13,21-22,26,31H,14H2,1-2H3/t21-,22+,26-/m1/s1. The van der Waals surface area contributed by atoms with Crippen molar-refractivity contribution >= 4 is 16.5 Å². The number of nitrogens with zero attached hydrogens (tertiary/aromatic N) is 4. The van der Waals surface area contributed by atoms with Crippen molar-refractivity contribution in [2.24, 2.45) is 25.9 Å². The molecule has 0 saturated heterocycles. The van der Waals surface area contributed by atoms with Crippen LogP contribution in [0.15, 0.2) is 87.5 Å². The molecule has 1 heterocycles. The number of nitriles is 2. The lowest BCUT2D eigenvalue weighted by molar-refractivity contribution is 0.358. The van der Waals surface area contributed by atoms with Crippen molar-refractivity contribution in [3.05, 3.63) is 110 Å². The van der Waals surface area contributed by atoms with Gasteiger partial charge in [-0.2, -0.15) is 10.5 Å². The first-order valence-corrected chi connectivity index (χ1v) is 11.4. The van der Waals surface area contributed by atoms with E-state index >= 15 is 0 Å². The first-order valence-electron chi connectivity index (χ1n) is 11.4. The lowest BCUT2D eigenvalue weighted by atomic mass is 9.70. The van der Waals surface area contributed by atoms with Crippen molar-refractivity contribution in [1.82, 2.24) is 9.13 Å². The summed E-state index contributed by atoms with van der Waals surface area (Å²) in [6.45, 7) is 0. The molecule has 0 saturated carbocycles. The third-order valence-corrected chi connectivity index (χ3v) is 7.13. The summed E-state index contributed by atoms with van der Waals surface area (Å²) in [5.74, 6) is -0.495. The number of anilines is 1. The molecule has 0 aliphatic heterocycles. The van der Waals surface area contributed by atoms with Gasteiger partial charge in [0, 0.05) is 36.8 Å². The van der Waals surface area contributed by atoms with E-state index in [9.17, 15) is 20.1 Å². The highest BCUT2D eigenvalue weighted by Gasteiger charge is 2.41. The first-order chi connectivity index (χ1) is 17.0. The van der Waals surface area contributed by atoms with Gasteiger partial charge >= 0.3 is 5.69 Å². The largest absolute Gasteiger partial charge is 0.377 e. The third-order valence-electron chi connectivity index (χ3n) is 7.13. The Bertz CT molecular complexity index is 1630. The quantitative estimate of drug-likeness (QED) is 0.587. The minimum atomic E-state index is -0.482. The molecule has 35 heavy (non-hydrogen) atoms. The van der Waals surface area contributed by atoms with Crippen LogP contribution in [0.4, 0.5) is 5.69 Å². The van der Waals surface area contributed by atoms with E-state index in [-0.39, 0.29) is 23.0 Å². The molecule has 172 valence electrons. The number of rotatable bonds is 2. The van der Waals surface area contributed by atoms with Gasteiger partial charge in [0.1, 0.15) is 17.7 Å². The smallest absolute Gasteiger partial charge is 0.330 e. The molecule has 0 fully saturated rings. The first kappa shape index (κ1) is 22.2. The van der Waals surface area contributed by atoms with Crippen molar-refractivity contribution in [2.45, 2.75) is 12.5 Å². The number of allylic oxidation sites excluding steroid dienone is 5. The van der Waals surface area contributed by atoms with Gasteiger partial charge in [-0.1, -0.05) is 60.7 Å². The average Bonchev–Trinajstić information content (AvgIpc) is 3.09. The van der Waals surface area contributed by atoms with Crippen LogP contribution in [0.5, 0.6) is 0 Å². The normalized spacial score (nSPS) is 20.3. The van der Waals surface area contributed by atoms with Crippen LogP contribution >= 0.6 is 0 Å². The van der Waals surface area contributed by atoms with Gasteiger partial charge in [0.25, 0.3) is 5.56 Å². The van der Waals surface area contributed by atoms with Gasteiger partial charge < -0.3 is 9.88 Å². The summed E-state index contributed by atoms with van der Waals surface area (Å²) in [5.41, 5.74) is 1.94. The number of aromatic nitrogens is 2. The Hall–Kier alpha value is -4.62. The topological polar surface area (TPSA) is 104 Å². The fourth-order valence-electron chi connectivity index (χ4n) is 5.39. The SMILES string of the molecule is Cn1c2c(c(=O)n(C)c1=O)[C@H](Nc1cccc3ccccc13)[C@@H]1C=CC=CC(=C(C#N)C#N)[C@@H]1C2. The maximum absolute atomic E-state index is 13.5. The van der Waals surface area contributed by atoms with Gasteiger partial charge in [-0.3, -0.25) is 9.36 Å². The van der Waals surface area contributed by atoms with Crippen LogP contribution in [0.2, 0.25) is 0 Å². The summed E-state index contributed by atoms with van der Waals surface area (Å²) in [7, 11) is 3.16. The van der Waals surface area contributed by atoms with Crippen molar-refractivity contribution in [3.63, 3.8) is 0 Å². The van der Waals surface area contributed by atoms with Crippen LogP contribution in [0.1, 0.15) is 17.3 Å². The molecule has 0 spiro atoms. The van der Waals surface area contributed by atoms with Gasteiger partial charge in [0.05, 0.1) is 11.6 Å². The maximum Gasteiger partial charge on any atom is 0.330 e. The Morgan fingerprint density at radius 2 is 1.74 bits per heavy atom. The molecule has 3 aromatic rings. The zero-order chi connectivity index (χ0) is 24.7. The predicted molar refractivity (Wildman–Crippen MR) is 134 cm³/mol. The molecule has 3 atom stereocenters. The molecule has 5 rings (SSSR count). The highest BCUT2D eigenvalue weighted by molar-refractivity contribution is 5.94. The number of fused-ring (bicyclic) bond motifs is 3. The summed E-state index contributed by atoms with van der Waals surface area (Å²) in [4.78, 5) is 26.3. The van der Waals surface area contributed by atoms with Crippen LogP contribution in [0.25, 0.3) is 10.8 Å². The van der Waals surface area contributed by atoms with Gasteiger partial charge in [-0.25, -0.2) is 4.79 Å². The molecule has 2 aromatic carbocycles. The van der Waals surface area contributed by atoms with Crippen LogP contribution in [0, 0.1) is 34.5 Å². The molecule has 2 aliphatic rings. The molecule has 0 amide bonds. The summed E-state index contributed by atoms with van der Waals surface area (Å²) in [6.07, 6.45) is 7.90. The van der Waals surface area contributed by atoms with E-state index < -0.39 is 11.7 Å². The van der Waals surface area contributed by atoms with Crippen LogP contribution < -0.4 is 16.6 Å². The summed E-state index contributed by atoms with van der Waals surface area (Å²) < 4.78 is 2.65. The molecule has 0 bridgehead atoms. The fraction of sp³-hybridized carbons (Fsp3) is 0.214. The van der Waals surface area contributed by atoms with E-state index in [1.807, 2.05) is 72.8 Å². The summed E-state index contributed by atoms with van der Waals surface area (Å²) in [5, 5.41) is 25.0. The van der Waals surface area contributed by atoms with Gasteiger partial charge in [-0.15, -0.1) is 0 Å². The fourth-order valence-corrected chi connectivity index (χ4v) is 5.39. The molecular formula is C28H23N5O2. The number of benzene rings is 2. The molecule has 7 nitrogen and oxygen atoms in total. The van der Waals surface area contributed by atoms with Gasteiger partial charge in [0.15, 0.2) is 0 Å². The van der Waals surface area contributed by atoms with Crippen molar-refractivity contribution in [1.29, 1.82) is 10.5 Å². The lowest BCUT2D eigenvalue weighted by Crippen LogP contribution is -2.47. The van der Waals surface area contributed by atoms with Gasteiger partial charge in [0.2, 0.25) is 0 Å². The Kier molecular flexibility index (Phi) is 5.47. The van der Waals surface area contributed by atoms with E-state index in [4.69, 9.17) is 0 Å². The highest BCUT2D eigenvalue weighted by Crippen LogP contribution is 2.45. The van der Waals surface area contributed by atoms with E-state index in [1.54, 1.807) is 13.1 Å². The molecule has 2 aliphatic carbocycles. The van der Waals surface area contributed by atoms with Crippen molar-refractivity contribution in [2.75, 3.05) is 5.32 Å². The van der Waals surface area contributed by atoms with Crippen LogP contribution in [0.3, 0.4) is 0 Å². The van der Waals surface area contributed by atoms with Crippen LogP contribution in [-0.4, -0.2) is 9.13 Å². The zero-order valence-electron chi connectivity index (χ0n) is 19.4. The van der Waals surface area contributed by atoms with Crippen molar-refractivity contribution < 1.29 is 0 Å². The number of hydrogen-bond donors (Lipinski definition) is 1.